The quantitative estimate of drug-likeness (QED) is 0.594. The molecule has 0 heteroatoms. The average molecular weight is 184 g/mol. The van der Waals surface area contributed by atoms with Gasteiger partial charge in [-0.1, -0.05) is 61.8 Å². The van der Waals surface area contributed by atoms with E-state index in [1.807, 2.05) is 0 Å². The molecule has 80 valence electrons. The Kier molecular flexibility index (Phi) is 4.02. The van der Waals surface area contributed by atoms with Crippen molar-refractivity contribution in [3.05, 3.63) is 0 Å². The third-order valence-corrected chi connectivity index (χ3v) is 4.26. The summed E-state index contributed by atoms with van der Waals surface area (Å²) >= 11 is 0. The molecule has 0 spiro atoms. The van der Waals surface area contributed by atoms with Gasteiger partial charge in [-0.3, -0.25) is 0 Å². The fourth-order valence-electron chi connectivity index (χ4n) is 1.75. The largest absolute Gasteiger partial charge is 0.0649 e. The van der Waals surface area contributed by atoms with Gasteiger partial charge in [0, 0.05) is 0 Å². The highest BCUT2D eigenvalue weighted by Gasteiger charge is 2.34. The van der Waals surface area contributed by atoms with Crippen molar-refractivity contribution >= 4 is 0 Å². The molecule has 0 aliphatic carbocycles. The van der Waals surface area contributed by atoms with Gasteiger partial charge in [-0.15, -0.1) is 0 Å². The maximum absolute atomic E-state index is 2.40. The van der Waals surface area contributed by atoms with Gasteiger partial charge in [0.2, 0.25) is 0 Å². The summed E-state index contributed by atoms with van der Waals surface area (Å²) in [5, 5.41) is 0. The van der Waals surface area contributed by atoms with Gasteiger partial charge in [0.05, 0.1) is 0 Å². The Hall–Kier alpha value is 0. The van der Waals surface area contributed by atoms with E-state index in [1.54, 1.807) is 0 Å². The normalized spacial score (nSPS) is 18.5. The second kappa shape index (κ2) is 4.02. The van der Waals surface area contributed by atoms with E-state index in [-0.39, 0.29) is 0 Å². The summed E-state index contributed by atoms with van der Waals surface area (Å²) in [6, 6.07) is 0. The molecule has 13 heavy (non-hydrogen) atoms. The van der Waals surface area contributed by atoms with Crippen LogP contribution in [0.2, 0.25) is 0 Å². The van der Waals surface area contributed by atoms with Crippen LogP contribution < -0.4 is 0 Å². The second-order valence-corrected chi connectivity index (χ2v) is 6.29. The molecule has 0 fully saturated rings. The zero-order valence-electron chi connectivity index (χ0n) is 10.9. The lowest BCUT2D eigenvalue weighted by Crippen LogP contribution is -2.33. The molecule has 0 aromatic rings. The molecule has 0 radical (unpaired) electrons. The minimum atomic E-state index is 0.436. The molecule has 0 amide bonds. The SMILES string of the molecule is CCC(C)(C)C(C)C(C)C(C)(C)C. The summed E-state index contributed by atoms with van der Waals surface area (Å²) in [5.41, 5.74) is 0.915. The van der Waals surface area contributed by atoms with Crippen LogP contribution >= 0.6 is 0 Å². The van der Waals surface area contributed by atoms with Gasteiger partial charge in [-0.2, -0.15) is 0 Å². The van der Waals surface area contributed by atoms with Crippen LogP contribution in [0.3, 0.4) is 0 Å². The molecule has 2 unspecified atom stereocenters. The molecule has 0 saturated heterocycles. The Bertz CT molecular complexity index is 148. The van der Waals surface area contributed by atoms with E-state index in [2.05, 4.69) is 55.4 Å². The Morgan fingerprint density at radius 3 is 1.46 bits per heavy atom. The van der Waals surface area contributed by atoms with Crippen LogP contribution in [0.4, 0.5) is 0 Å². The van der Waals surface area contributed by atoms with E-state index >= 15 is 0 Å². The third-order valence-electron chi connectivity index (χ3n) is 4.26. The van der Waals surface area contributed by atoms with E-state index in [1.165, 1.54) is 6.42 Å². The van der Waals surface area contributed by atoms with Crippen LogP contribution in [-0.2, 0) is 0 Å². The van der Waals surface area contributed by atoms with Crippen LogP contribution in [0.5, 0.6) is 0 Å². The van der Waals surface area contributed by atoms with Crippen molar-refractivity contribution in [2.45, 2.75) is 61.8 Å². The zero-order valence-corrected chi connectivity index (χ0v) is 10.9. The lowest BCUT2D eigenvalue weighted by Gasteiger charge is -2.41. The smallest absolute Gasteiger partial charge is 0.0328 e. The first kappa shape index (κ1) is 13.0. The Balaban J connectivity index is 4.52. The van der Waals surface area contributed by atoms with Crippen molar-refractivity contribution in [2.24, 2.45) is 22.7 Å². The summed E-state index contributed by atoms with van der Waals surface area (Å²) < 4.78 is 0. The van der Waals surface area contributed by atoms with Crippen LogP contribution in [0.1, 0.15) is 61.8 Å². The molecule has 0 aliphatic heterocycles. The molecule has 0 heterocycles. The first-order valence-corrected chi connectivity index (χ1v) is 5.63. The standard InChI is InChI=1S/C13H28/c1-9-13(7,8)11(3)10(2)12(4,5)6/h10-11H,9H2,1-8H3. The van der Waals surface area contributed by atoms with E-state index in [0.29, 0.717) is 10.8 Å². The summed E-state index contributed by atoms with van der Waals surface area (Å²) in [4.78, 5) is 0. The van der Waals surface area contributed by atoms with Crippen LogP contribution in [0, 0.1) is 22.7 Å². The zero-order chi connectivity index (χ0) is 10.9. The monoisotopic (exact) mass is 184 g/mol. The molecule has 0 N–H and O–H groups in total. The van der Waals surface area contributed by atoms with Gasteiger partial charge in [-0.25, -0.2) is 0 Å². The predicted molar refractivity (Wildman–Crippen MR) is 61.9 cm³/mol. The Morgan fingerprint density at radius 1 is 0.846 bits per heavy atom. The maximum Gasteiger partial charge on any atom is -0.0328 e. The van der Waals surface area contributed by atoms with Crippen molar-refractivity contribution in [1.29, 1.82) is 0 Å². The molecule has 0 aliphatic rings. The summed E-state index contributed by atoms with van der Waals surface area (Å²) in [6.07, 6.45) is 1.27. The van der Waals surface area contributed by atoms with Gasteiger partial charge >= 0.3 is 0 Å². The highest BCUT2D eigenvalue weighted by atomic mass is 14.4. The topological polar surface area (TPSA) is 0 Å². The molecular weight excluding hydrogens is 156 g/mol. The minimum absolute atomic E-state index is 0.436. The van der Waals surface area contributed by atoms with Gasteiger partial charge in [0.1, 0.15) is 0 Å². The lowest BCUT2D eigenvalue weighted by molar-refractivity contribution is 0.0836. The molecular formula is C13H28. The van der Waals surface area contributed by atoms with Gasteiger partial charge in [-0.05, 0) is 22.7 Å². The highest BCUT2D eigenvalue weighted by Crippen LogP contribution is 2.42. The maximum atomic E-state index is 2.40. The molecule has 0 saturated carbocycles. The van der Waals surface area contributed by atoms with E-state index in [9.17, 15) is 0 Å². The van der Waals surface area contributed by atoms with E-state index in [0.717, 1.165) is 11.8 Å². The fourth-order valence-corrected chi connectivity index (χ4v) is 1.75. The van der Waals surface area contributed by atoms with Crippen molar-refractivity contribution < 1.29 is 0 Å². The van der Waals surface area contributed by atoms with Crippen LogP contribution in [0.25, 0.3) is 0 Å². The van der Waals surface area contributed by atoms with Crippen molar-refractivity contribution in [3.8, 4) is 0 Å². The van der Waals surface area contributed by atoms with Crippen molar-refractivity contribution in [2.75, 3.05) is 0 Å². The fraction of sp³-hybridized carbons (Fsp3) is 1.00. The van der Waals surface area contributed by atoms with Gasteiger partial charge in [0.15, 0.2) is 0 Å². The summed E-state index contributed by atoms with van der Waals surface area (Å²) in [5.74, 6) is 1.57. The molecule has 0 nitrogen and oxygen atoms in total. The molecule has 2 atom stereocenters. The lowest BCUT2D eigenvalue weighted by atomic mass is 9.64. The van der Waals surface area contributed by atoms with Crippen LogP contribution in [-0.4, -0.2) is 0 Å². The van der Waals surface area contributed by atoms with Crippen molar-refractivity contribution in [1.82, 2.24) is 0 Å². The third kappa shape index (κ3) is 3.32. The highest BCUT2D eigenvalue weighted by molar-refractivity contribution is 4.83. The Labute approximate surface area is 85.1 Å². The van der Waals surface area contributed by atoms with Crippen LogP contribution in [0.15, 0.2) is 0 Å². The summed E-state index contributed by atoms with van der Waals surface area (Å²) in [6.45, 7) is 18.9. The van der Waals surface area contributed by atoms with E-state index < -0.39 is 0 Å². The molecule has 0 aromatic carbocycles. The van der Waals surface area contributed by atoms with Crippen molar-refractivity contribution in [3.63, 3.8) is 0 Å². The number of rotatable bonds is 3. The Morgan fingerprint density at radius 2 is 1.23 bits per heavy atom. The first-order chi connectivity index (χ1) is 5.63. The number of hydrogen-bond donors (Lipinski definition) is 0. The minimum Gasteiger partial charge on any atom is -0.0649 e. The molecule has 0 aromatic heterocycles. The van der Waals surface area contributed by atoms with E-state index in [4.69, 9.17) is 0 Å². The van der Waals surface area contributed by atoms with Gasteiger partial charge < -0.3 is 0 Å². The first-order valence-electron chi connectivity index (χ1n) is 5.63. The predicted octanol–water partition coefficient (Wildman–Crippen LogP) is 4.74. The van der Waals surface area contributed by atoms with Gasteiger partial charge in [0.25, 0.3) is 0 Å². The molecule has 0 bridgehead atoms. The number of hydrogen-bond acceptors (Lipinski definition) is 0. The summed E-state index contributed by atoms with van der Waals surface area (Å²) in [7, 11) is 0. The second-order valence-electron chi connectivity index (χ2n) is 6.29. The average Bonchev–Trinajstić information content (AvgIpc) is 2.00. The molecule has 0 rings (SSSR count).